The van der Waals surface area contributed by atoms with E-state index in [0.29, 0.717) is 41.4 Å². The predicted octanol–water partition coefficient (Wildman–Crippen LogP) is 20.0. The molecule has 0 bridgehead atoms. The van der Waals surface area contributed by atoms with Crippen molar-refractivity contribution in [2.45, 2.75) is 135 Å². The third-order valence-corrected chi connectivity index (χ3v) is 14.8. The lowest BCUT2D eigenvalue weighted by Crippen LogP contribution is -2.17. The van der Waals surface area contributed by atoms with E-state index in [1.807, 2.05) is 18.2 Å². The van der Waals surface area contributed by atoms with Crippen molar-refractivity contribution in [3.8, 4) is 50.6 Å². The average Bonchev–Trinajstić information content (AvgIpc) is 3.37. The van der Waals surface area contributed by atoms with Crippen LogP contribution in [-0.4, -0.2) is 19.3 Å². The zero-order valence-corrected chi connectivity index (χ0v) is 42.1. The van der Waals surface area contributed by atoms with E-state index < -0.39 is 65.5 Å². The molecule has 6 aromatic carbocycles. The maximum Gasteiger partial charge on any atom is 0.573 e. The minimum Gasteiger partial charge on any atom is -0.435 e. The van der Waals surface area contributed by atoms with Crippen molar-refractivity contribution >= 4 is 0 Å². The van der Waals surface area contributed by atoms with Crippen LogP contribution in [0.5, 0.6) is 17.2 Å². The van der Waals surface area contributed by atoms with Crippen molar-refractivity contribution in [1.82, 2.24) is 0 Å². The number of alkyl halides is 8. The standard InChI is InChI=1S/C20H18F6O.C20H19F5O.C20H22F2O/c1-11-2-4-12(5-3-11)14-9-16(22)19(17(23)10-14)13-6-7-18(15(21)8-13)27-20(24,25)26;1-12-2-4-13(5-3-12)14-6-8-16(17(21)10-14)15-7-9-19(18(22)11-15)26-20(23,24)25;1-14-2-4-15(5-3-14)16-6-8-17(9-7-16)18-10-12-19(13-11-18)23-20(21)22/h6-12H,2-5H2,1H3;6-13H,2-5H2,1H3;6-15,20H,2-5H2,1H3. The highest BCUT2D eigenvalue weighted by atomic mass is 19.4. The van der Waals surface area contributed by atoms with Gasteiger partial charge in [0.1, 0.15) is 23.2 Å². The summed E-state index contributed by atoms with van der Waals surface area (Å²) in [6, 6.07) is 28.0. The Morgan fingerprint density at radius 3 is 1.17 bits per heavy atom. The Morgan fingerprint density at radius 2 is 0.750 bits per heavy atom. The van der Waals surface area contributed by atoms with E-state index in [9.17, 15) is 57.1 Å². The topological polar surface area (TPSA) is 27.7 Å². The number of ether oxygens (including phenoxy) is 3. The molecule has 408 valence electrons. The molecule has 0 aliphatic heterocycles. The van der Waals surface area contributed by atoms with Crippen molar-refractivity contribution in [3.63, 3.8) is 0 Å². The average molecular weight is 1080 g/mol. The molecule has 3 saturated carbocycles. The molecule has 6 aromatic rings. The van der Waals surface area contributed by atoms with Gasteiger partial charge in [-0.1, -0.05) is 120 Å². The summed E-state index contributed by atoms with van der Waals surface area (Å²) in [4.78, 5) is 0. The van der Waals surface area contributed by atoms with Gasteiger partial charge in [0.15, 0.2) is 23.1 Å². The monoisotopic (exact) mass is 1070 g/mol. The van der Waals surface area contributed by atoms with Crippen LogP contribution in [0.4, 0.5) is 57.1 Å². The van der Waals surface area contributed by atoms with Gasteiger partial charge in [-0.2, -0.15) is 8.78 Å². The summed E-state index contributed by atoms with van der Waals surface area (Å²) in [5, 5.41) is 0. The molecule has 0 unspecified atom stereocenters. The SMILES string of the molecule is CC1CCC(c2cc(F)c(-c3ccc(OC(F)(F)F)c(F)c3)c(F)c2)CC1.CC1CCC(c2ccc(-c3ccc(OC(F)(F)F)c(F)c3)c(F)c2)CC1.CC1CCC(c2ccc(-c3ccc(OC(F)F)cc3)cc2)CC1. The summed E-state index contributed by atoms with van der Waals surface area (Å²) in [7, 11) is 0. The smallest absolute Gasteiger partial charge is 0.435 e. The van der Waals surface area contributed by atoms with Crippen molar-refractivity contribution in [2.24, 2.45) is 17.8 Å². The van der Waals surface area contributed by atoms with Gasteiger partial charge in [-0.15, -0.1) is 26.3 Å². The van der Waals surface area contributed by atoms with Crippen LogP contribution in [0.1, 0.15) is 132 Å². The van der Waals surface area contributed by atoms with Crippen LogP contribution in [-0.2, 0) is 0 Å². The minimum absolute atomic E-state index is 0.0681. The largest absolute Gasteiger partial charge is 0.573 e. The first-order valence-electron chi connectivity index (χ1n) is 25.5. The first kappa shape index (κ1) is 57.5. The molecule has 16 heteroatoms. The summed E-state index contributed by atoms with van der Waals surface area (Å²) >= 11 is 0. The van der Waals surface area contributed by atoms with Crippen LogP contribution in [0.15, 0.2) is 115 Å². The predicted molar refractivity (Wildman–Crippen MR) is 267 cm³/mol. The van der Waals surface area contributed by atoms with Gasteiger partial charge in [0.25, 0.3) is 0 Å². The Bertz CT molecular complexity index is 2800. The summed E-state index contributed by atoms with van der Waals surface area (Å²) < 4.78 is 180. The zero-order chi connectivity index (χ0) is 54.9. The Hall–Kier alpha value is -6.19. The van der Waals surface area contributed by atoms with Crippen LogP contribution < -0.4 is 14.2 Å². The Morgan fingerprint density at radius 1 is 0.382 bits per heavy atom. The van der Waals surface area contributed by atoms with Crippen molar-refractivity contribution in [2.75, 3.05) is 0 Å². The van der Waals surface area contributed by atoms with Gasteiger partial charge in [0, 0.05) is 5.56 Å². The highest BCUT2D eigenvalue weighted by molar-refractivity contribution is 5.68. The number of hydrogen-bond donors (Lipinski definition) is 0. The minimum atomic E-state index is -5.06. The summed E-state index contributed by atoms with van der Waals surface area (Å²) in [6.45, 7) is 3.90. The van der Waals surface area contributed by atoms with Crippen LogP contribution in [0.2, 0.25) is 0 Å². The van der Waals surface area contributed by atoms with Crippen LogP contribution >= 0.6 is 0 Å². The van der Waals surface area contributed by atoms with Gasteiger partial charge >= 0.3 is 19.3 Å². The molecule has 0 atom stereocenters. The molecule has 9 rings (SSSR count). The quantitative estimate of drug-likeness (QED) is 0.128. The fourth-order valence-corrected chi connectivity index (χ4v) is 10.4. The lowest BCUT2D eigenvalue weighted by atomic mass is 9.79. The maximum absolute atomic E-state index is 14.6. The van der Waals surface area contributed by atoms with Gasteiger partial charge in [0.05, 0.1) is 5.56 Å². The molecule has 0 saturated heterocycles. The van der Waals surface area contributed by atoms with Gasteiger partial charge < -0.3 is 14.2 Å². The van der Waals surface area contributed by atoms with E-state index in [2.05, 4.69) is 59.2 Å². The van der Waals surface area contributed by atoms with E-state index in [1.54, 1.807) is 18.2 Å². The van der Waals surface area contributed by atoms with Gasteiger partial charge in [-0.3, -0.25) is 0 Å². The molecule has 76 heavy (non-hydrogen) atoms. The fourth-order valence-electron chi connectivity index (χ4n) is 10.4. The fraction of sp³-hybridized carbons (Fsp3) is 0.400. The first-order valence-corrected chi connectivity index (χ1v) is 25.5. The van der Waals surface area contributed by atoms with Crippen molar-refractivity contribution in [3.05, 3.63) is 161 Å². The van der Waals surface area contributed by atoms with E-state index in [0.717, 1.165) is 92.2 Å². The number of rotatable bonds is 10. The molecule has 0 heterocycles. The Labute approximate surface area is 434 Å². The molecule has 0 radical (unpaired) electrons. The molecule has 0 aromatic heterocycles. The zero-order valence-electron chi connectivity index (χ0n) is 42.1. The van der Waals surface area contributed by atoms with Crippen LogP contribution in [0.3, 0.4) is 0 Å². The second-order valence-electron chi connectivity index (χ2n) is 20.4. The van der Waals surface area contributed by atoms with Crippen molar-refractivity contribution < 1.29 is 71.3 Å². The highest BCUT2D eigenvalue weighted by Gasteiger charge is 2.34. The third kappa shape index (κ3) is 16.2. The first-order chi connectivity index (χ1) is 36.0. The molecule has 3 fully saturated rings. The third-order valence-electron chi connectivity index (χ3n) is 14.8. The van der Waals surface area contributed by atoms with Gasteiger partial charge in [0.2, 0.25) is 0 Å². The Balaban J connectivity index is 0.000000166. The van der Waals surface area contributed by atoms with Crippen molar-refractivity contribution in [1.29, 1.82) is 0 Å². The van der Waals surface area contributed by atoms with E-state index >= 15 is 0 Å². The molecular weight excluding hydrogens is 1020 g/mol. The van der Waals surface area contributed by atoms with Crippen LogP contribution in [0, 0.1) is 46.8 Å². The second kappa shape index (κ2) is 25.3. The Kier molecular flexibility index (Phi) is 19.2. The lowest BCUT2D eigenvalue weighted by molar-refractivity contribution is -0.276. The van der Waals surface area contributed by atoms with Gasteiger partial charge in [-0.05, 0) is 168 Å². The summed E-state index contributed by atoms with van der Waals surface area (Å²) in [5.74, 6) is -3.38. The number of halogens is 13. The lowest BCUT2D eigenvalue weighted by Gasteiger charge is -2.26. The number of hydrogen-bond acceptors (Lipinski definition) is 3. The highest BCUT2D eigenvalue weighted by Crippen LogP contribution is 2.41. The van der Waals surface area contributed by atoms with Gasteiger partial charge in [-0.25, -0.2) is 22.0 Å². The van der Waals surface area contributed by atoms with E-state index in [1.165, 1.54) is 55.5 Å². The summed E-state index contributed by atoms with van der Waals surface area (Å²) in [5.41, 5.74) is 4.64. The van der Waals surface area contributed by atoms with E-state index in [4.69, 9.17) is 0 Å². The maximum atomic E-state index is 14.6. The molecular formula is C60H59F13O3. The molecule has 3 aliphatic carbocycles. The molecule has 0 spiro atoms. The van der Waals surface area contributed by atoms with Crippen LogP contribution in [0.25, 0.3) is 33.4 Å². The van der Waals surface area contributed by atoms with E-state index in [-0.39, 0.29) is 28.4 Å². The normalized spacial score (nSPS) is 20.9. The molecule has 0 N–H and O–H groups in total. The molecule has 3 aliphatic rings. The summed E-state index contributed by atoms with van der Waals surface area (Å²) in [6.07, 6.45) is 3.06. The number of benzene rings is 6. The second-order valence-corrected chi connectivity index (χ2v) is 20.4. The molecule has 0 amide bonds. The molecule has 3 nitrogen and oxygen atoms in total.